The van der Waals surface area contributed by atoms with Gasteiger partial charge in [0.1, 0.15) is 5.76 Å². The first-order valence-corrected chi connectivity index (χ1v) is 9.35. The number of aromatic nitrogens is 2. The van der Waals surface area contributed by atoms with Gasteiger partial charge in [0.25, 0.3) is 11.5 Å². The van der Waals surface area contributed by atoms with Crippen LogP contribution in [0.4, 0.5) is 0 Å². The molecule has 2 aromatic heterocycles. The van der Waals surface area contributed by atoms with Crippen LogP contribution in [0.15, 0.2) is 64.0 Å². The maximum Gasteiger partial charge on any atom is 0.278 e. The molecule has 1 amide bonds. The number of para-hydroxylation sites is 1. The molecule has 0 spiro atoms. The van der Waals surface area contributed by atoms with Crippen molar-refractivity contribution in [2.75, 3.05) is 0 Å². The summed E-state index contributed by atoms with van der Waals surface area (Å²) in [6.45, 7) is 0.294. The van der Waals surface area contributed by atoms with Crippen LogP contribution in [-0.4, -0.2) is 31.7 Å². The summed E-state index contributed by atoms with van der Waals surface area (Å²) in [7, 11) is 0. The Labute approximate surface area is 161 Å². The second kappa shape index (κ2) is 7.72. The Morgan fingerprint density at radius 3 is 2.61 bits per heavy atom. The van der Waals surface area contributed by atoms with Gasteiger partial charge in [-0.25, -0.2) is 0 Å². The molecule has 3 aromatic rings. The van der Waals surface area contributed by atoms with E-state index in [9.17, 15) is 14.7 Å². The summed E-state index contributed by atoms with van der Waals surface area (Å²) >= 11 is 0. The molecule has 4 rings (SSSR count). The molecule has 1 N–H and O–H groups in total. The second-order valence-corrected chi connectivity index (χ2v) is 6.91. The molecule has 0 radical (unpaired) electrons. The quantitative estimate of drug-likeness (QED) is 0.736. The third-order valence-corrected chi connectivity index (χ3v) is 5.05. The maximum absolute atomic E-state index is 13.3. The molecule has 1 aliphatic carbocycles. The summed E-state index contributed by atoms with van der Waals surface area (Å²) < 4.78 is 6.55. The number of amides is 1. The van der Waals surface area contributed by atoms with Gasteiger partial charge >= 0.3 is 0 Å². The highest BCUT2D eigenvalue weighted by Crippen LogP contribution is 2.27. The SMILES string of the molecule is O=C(c1nn(-c2ccccc2)c(=O)cc1O)N(Cc1ccco1)C1CCCC1. The van der Waals surface area contributed by atoms with Crippen molar-refractivity contribution in [2.24, 2.45) is 0 Å². The van der Waals surface area contributed by atoms with Crippen LogP contribution in [-0.2, 0) is 6.54 Å². The number of carbonyl (C=O) groups excluding carboxylic acids is 1. The van der Waals surface area contributed by atoms with Crippen molar-refractivity contribution < 1.29 is 14.3 Å². The van der Waals surface area contributed by atoms with Crippen molar-refractivity contribution in [1.29, 1.82) is 0 Å². The summed E-state index contributed by atoms with van der Waals surface area (Å²) in [5.41, 5.74) is -0.111. The average Bonchev–Trinajstić information content (AvgIpc) is 3.40. The zero-order valence-corrected chi connectivity index (χ0v) is 15.3. The van der Waals surface area contributed by atoms with Crippen LogP contribution in [0, 0.1) is 0 Å². The summed E-state index contributed by atoms with van der Waals surface area (Å²) in [4.78, 5) is 27.3. The van der Waals surface area contributed by atoms with E-state index < -0.39 is 17.2 Å². The third kappa shape index (κ3) is 3.55. The van der Waals surface area contributed by atoms with E-state index in [2.05, 4.69) is 5.10 Å². The van der Waals surface area contributed by atoms with Gasteiger partial charge in [0, 0.05) is 12.1 Å². The summed E-state index contributed by atoms with van der Waals surface area (Å²) in [5.74, 6) is -0.161. The molecule has 0 aliphatic heterocycles. The monoisotopic (exact) mass is 379 g/mol. The predicted octanol–water partition coefficient (Wildman–Crippen LogP) is 3.12. The van der Waals surface area contributed by atoms with Crippen LogP contribution in [0.25, 0.3) is 5.69 Å². The standard InChI is InChI=1S/C21H21N3O4/c25-18-13-19(26)24(16-9-2-1-3-10-16)22-20(18)21(27)23(15-7-4-5-8-15)14-17-11-6-12-28-17/h1-3,6,9-13,15,25H,4-5,7-8,14H2. The van der Waals surface area contributed by atoms with Crippen LogP contribution in [0.2, 0.25) is 0 Å². The lowest BCUT2D eigenvalue weighted by molar-refractivity contribution is 0.0637. The van der Waals surface area contributed by atoms with Gasteiger partial charge in [0.15, 0.2) is 11.4 Å². The van der Waals surface area contributed by atoms with E-state index >= 15 is 0 Å². The van der Waals surface area contributed by atoms with E-state index in [0.29, 0.717) is 18.0 Å². The van der Waals surface area contributed by atoms with Gasteiger partial charge in [-0.05, 0) is 37.1 Å². The highest BCUT2D eigenvalue weighted by atomic mass is 16.3. The van der Waals surface area contributed by atoms with E-state index in [1.807, 2.05) is 12.1 Å². The Kier molecular flexibility index (Phi) is 4.97. The van der Waals surface area contributed by atoms with Crippen molar-refractivity contribution in [3.8, 4) is 11.4 Å². The molecule has 0 bridgehead atoms. The van der Waals surface area contributed by atoms with Crippen LogP contribution >= 0.6 is 0 Å². The number of nitrogens with zero attached hydrogens (tertiary/aromatic N) is 3. The van der Waals surface area contributed by atoms with E-state index in [1.165, 1.54) is 0 Å². The second-order valence-electron chi connectivity index (χ2n) is 6.91. The third-order valence-electron chi connectivity index (χ3n) is 5.05. The molecule has 1 aliphatic rings. The van der Waals surface area contributed by atoms with Gasteiger partial charge in [0.05, 0.1) is 18.5 Å². The number of aromatic hydroxyl groups is 1. The minimum atomic E-state index is -0.501. The van der Waals surface area contributed by atoms with Crippen LogP contribution in [0.3, 0.4) is 0 Å². The number of rotatable bonds is 5. The lowest BCUT2D eigenvalue weighted by Gasteiger charge is -2.28. The Hall–Kier alpha value is -3.35. The van der Waals surface area contributed by atoms with E-state index in [4.69, 9.17) is 4.42 Å². The molecule has 2 heterocycles. The lowest BCUT2D eigenvalue weighted by atomic mass is 10.1. The van der Waals surface area contributed by atoms with Crippen molar-refractivity contribution in [3.05, 3.63) is 76.6 Å². The fraction of sp³-hybridized carbons (Fsp3) is 0.286. The zero-order valence-electron chi connectivity index (χ0n) is 15.3. The normalized spacial score (nSPS) is 14.3. The fourth-order valence-electron chi connectivity index (χ4n) is 3.64. The average molecular weight is 379 g/mol. The van der Waals surface area contributed by atoms with Crippen molar-refractivity contribution in [3.63, 3.8) is 0 Å². The molecule has 0 atom stereocenters. The molecule has 7 heteroatoms. The number of carbonyl (C=O) groups is 1. The molecule has 7 nitrogen and oxygen atoms in total. The topological polar surface area (TPSA) is 88.6 Å². The number of hydrogen-bond acceptors (Lipinski definition) is 5. The van der Waals surface area contributed by atoms with Gasteiger partial charge in [-0.2, -0.15) is 9.78 Å². The molecule has 0 saturated heterocycles. The predicted molar refractivity (Wildman–Crippen MR) is 102 cm³/mol. The van der Waals surface area contributed by atoms with Gasteiger partial charge < -0.3 is 14.4 Å². The Morgan fingerprint density at radius 2 is 1.93 bits per heavy atom. The molecular weight excluding hydrogens is 358 g/mol. The molecule has 1 aromatic carbocycles. The Morgan fingerprint density at radius 1 is 1.18 bits per heavy atom. The Bertz CT molecular complexity index is 1010. The number of benzene rings is 1. The largest absolute Gasteiger partial charge is 0.505 e. The van der Waals surface area contributed by atoms with E-state index in [1.54, 1.807) is 41.5 Å². The Balaban J connectivity index is 1.73. The first-order valence-electron chi connectivity index (χ1n) is 9.35. The summed E-state index contributed by atoms with van der Waals surface area (Å²) in [5, 5.41) is 14.5. The fourth-order valence-corrected chi connectivity index (χ4v) is 3.64. The molecule has 1 saturated carbocycles. The van der Waals surface area contributed by atoms with Crippen molar-refractivity contribution in [2.45, 2.75) is 38.3 Å². The van der Waals surface area contributed by atoms with Crippen LogP contribution in [0.1, 0.15) is 41.9 Å². The first kappa shape index (κ1) is 18.0. The smallest absolute Gasteiger partial charge is 0.278 e. The minimum absolute atomic E-state index is 0.0518. The van der Waals surface area contributed by atoms with Crippen molar-refractivity contribution >= 4 is 5.91 Å². The molecule has 28 heavy (non-hydrogen) atoms. The van der Waals surface area contributed by atoms with Crippen LogP contribution in [0.5, 0.6) is 5.75 Å². The van der Waals surface area contributed by atoms with Gasteiger partial charge in [0.2, 0.25) is 0 Å². The van der Waals surface area contributed by atoms with Gasteiger partial charge in [-0.1, -0.05) is 31.0 Å². The maximum atomic E-state index is 13.3. The van der Waals surface area contributed by atoms with E-state index in [-0.39, 0.29) is 11.7 Å². The zero-order chi connectivity index (χ0) is 19.5. The van der Waals surface area contributed by atoms with Crippen LogP contribution < -0.4 is 5.56 Å². The molecule has 144 valence electrons. The van der Waals surface area contributed by atoms with Crippen molar-refractivity contribution in [1.82, 2.24) is 14.7 Å². The van der Waals surface area contributed by atoms with Gasteiger partial charge in [-0.15, -0.1) is 0 Å². The summed E-state index contributed by atoms with van der Waals surface area (Å²) in [6.07, 6.45) is 5.46. The number of hydrogen-bond donors (Lipinski definition) is 1. The molecule has 1 fully saturated rings. The highest BCUT2D eigenvalue weighted by Gasteiger charge is 2.31. The highest BCUT2D eigenvalue weighted by molar-refractivity contribution is 5.94. The number of furan rings is 1. The lowest BCUT2D eigenvalue weighted by Crippen LogP contribution is -2.39. The van der Waals surface area contributed by atoms with Gasteiger partial charge in [-0.3, -0.25) is 9.59 Å². The van der Waals surface area contributed by atoms with E-state index in [0.717, 1.165) is 36.4 Å². The summed E-state index contributed by atoms with van der Waals surface area (Å²) in [6, 6.07) is 13.5. The molecule has 0 unspecified atom stereocenters. The minimum Gasteiger partial charge on any atom is -0.505 e. The first-order chi connectivity index (χ1) is 13.6. The molecular formula is C21H21N3O4.